The van der Waals surface area contributed by atoms with Crippen LogP contribution in [0.4, 0.5) is 11.4 Å². The molecule has 0 bridgehead atoms. The van der Waals surface area contributed by atoms with Crippen molar-refractivity contribution in [2.24, 2.45) is 0 Å². The van der Waals surface area contributed by atoms with Crippen LogP contribution < -0.4 is 10.6 Å². The van der Waals surface area contributed by atoms with Crippen LogP contribution in [0.15, 0.2) is 59.3 Å². The largest absolute Gasteiger partial charge is 0.456 e. The van der Waals surface area contributed by atoms with Crippen molar-refractivity contribution in [3.8, 4) is 0 Å². The van der Waals surface area contributed by atoms with Crippen LogP contribution in [0.3, 0.4) is 0 Å². The summed E-state index contributed by atoms with van der Waals surface area (Å²) in [5, 5.41) is 11.1. The van der Waals surface area contributed by atoms with Crippen LogP contribution in [-0.2, 0) is 16.1 Å². The second kappa shape index (κ2) is 6.36. The fraction of sp³-hybridized carbons (Fsp3) is 0.105. The molecular weight excluding hydrogens is 332 g/mol. The summed E-state index contributed by atoms with van der Waals surface area (Å²) >= 11 is 0. The second-order valence-electron chi connectivity index (χ2n) is 5.80. The van der Waals surface area contributed by atoms with Crippen molar-refractivity contribution >= 4 is 45.1 Å². The lowest BCUT2D eigenvalue weighted by atomic mass is 10.1. The maximum Gasteiger partial charge on any atom is 0.314 e. The maximum absolute atomic E-state index is 12.1. The van der Waals surface area contributed by atoms with Gasteiger partial charge in [-0.05, 0) is 25.1 Å². The number of anilines is 2. The summed E-state index contributed by atoms with van der Waals surface area (Å²) in [6.45, 7) is 2.61. The Kier molecular flexibility index (Phi) is 3.89. The van der Waals surface area contributed by atoms with E-state index in [-0.39, 0.29) is 0 Å². The van der Waals surface area contributed by atoms with Crippen molar-refractivity contribution in [3.05, 3.63) is 54.9 Å². The molecule has 4 rings (SSSR count). The third-order valence-electron chi connectivity index (χ3n) is 4.06. The molecule has 2 N–H and O–H groups in total. The topological polar surface area (TPSA) is 89.2 Å². The van der Waals surface area contributed by atoms with Gasteiger partial charge in [0.15, 0.2) is 0 Å². The van der Waals surface area contributed by atoms with Gasteiger partial charge in [0.2, 0.25) is 0 Å². The summed E-state index contributed by atoms with van der Waals surface area (Å²) in [6.07, 6.45) is 3.15. The molecule has 130 valence electrons. The molecule has 2 aromatic heterocycles. The van der Waals surface area contributed by atoms with Gasteiger partial charge in [0.1, 0.15) is 11.2 Å². The normalized spacial score (nSPS) is 11.0. The molecule has 0 fully saturated rings. The third-order valence-corrected chi connectivity index (χ3v) is 4.06. The molecular formula is C19H16N4O3. The highest BCUT2D eigenvalue weighted by Gasteiger charge is 2.16. The predicted molar refractivity (Wildman–Crippen MR) is 98.9 cm³/mol. The molecule has 0 radical (unpaired) electrons. The molecule has 0 saturated carbocycles. The van der Waals surface area contributed by atoms with Gasteiger partial charge in [0.25, 0.3) is 0 Å². The number of aromatic nitrogens is 2. The maximum atomic E-state index is 12.1. The van der Waals surface area contributed by atoms with Crippen molar-refractivity contribution in [1.82, 2.24) is 9.78 Å². The van der Waals surface area contributed by atoms with Crippen LogP contribution in [0, 0.1) is 0 Å². The van der Waals surface area contributed by atoms with Crippen molar-refractivity contribution in [2.45, 2.75) is 13.5 Å². The number of amides is 2. The minimum Gasteiger partial charge on any atom is -0.456 e. The molecule has 4 aromatic rings. The fourth-order valence-corrected chi connectivity index (χ4v) is 2.78. The average Bonchev–Trinajstić information content (AvgIpc) is 3.25. The molecule has 7 nitrogen and oxygen atoms in total. The van der Waals surface area contributed by atoms with E-state index >= 15 is 0 Å². The number of aryl methyl sites for hydroxylation is 1. The number of fused-ring (bicyclic) bond motifs is 3. The highest BCUT2D eigenvalue weighted by Crippen LogP contribution is 2.30. The highest BCUT2D eigenvalue weighted by molar-refractivity contribution is 6.43. The first-order valence-electron chi connectivity index (χ1n) is 8.20. The van der Waals surface area contributed by atoms with Gasteiger partial charge in [0.05, 0.1) is 11.9 Å². The molecule has 0 saturated heterocycles. The first-order chi connectivity index (χ1) is 12.6. The predicted octanol–water partition coefficient (Wildman–Crippen LogP) is 3.38. The fourth-order valence-electron chi connectivity index (χ4n) is 2.78. The van der Waals surface area contributed by atoms with Crippen LogP contribution >= 0.6 is 0 Å². The lowest BCUT2D eigenvalue weighted by molar-refractivity contribution is -0.132. The molecule has 0 aliphatic heterocycles. The molecule has 2 heterocycles. The number of carbonyl (C=O) groups is 2. The van der Waals surface area contributed by atoms with Crippen LogP contribution in [0.1, 0.15) is 6.92 Å². The van der Waals surface area contributed by atoms with E-state index in [1.165, 1.54) is 6.20 Å². The summed E-state index contributed by atoms with van der Waals surface area (Å²) in [5.41, 5.74) is 2.38. The molecule has 0 aliphatic rings. The van der Waals surface area contributed by atoms with Gasteiger partial charge in [-0.15, -0.1) is 0 Å². The van der Waals surface area contributed by atoms with Gasteiger partial charge in [-0.1, -0.05) is 18.2 Å². The minimum atomic E-state index is -0.760. The number of carbonyl (C=O) groups excluding carboxylic acids is 2. The lowest BCUT2D eigenvalue weighted by Gasteiger charge is -2.05. The quantitative estimate of drug-likeness (QED) is 0.556. The summed E-state index contributed by atoms with van der Waals surface area (Å²) in [7, 11) is 0. The van der Waals surface area contributed by atoms with Crippen LogP contribution in [0.25, 0.3) is 21.9 Å². The second-order valence-corrected chi connectivity index (χ2v) is 5.80. The van der Waals surface area contributed by atoms with Crippen molar-refractivity contribution in [2.75, 3.05) is 10.6 Å². The number of nitrogens with zero attached hydrogens (tertiary/aromatic N) is 2. The van der Waals surface area contributed by atoms with E-state index in [4.69, 9.17) is 4.42 Å². The van der Waals surface area contributed by atoms with Crippen LogP contribution in [0.5, 0.6) is 0 Å². The van der Waals surface area contributed by atoms with E-state index in [9.17, 15) is 9.59 Å². The van der Waals surface area contributed by atoms with Gasteiger partial charge >= 0.3 is 11.8 Å². The zero-order valence-electron chi connectivity index (χ0n) is 14.0. The average molecular weight is 348 g/mol. The number of nitrogens with one attached hydrogen (secondary N) is 2. The van der Waals surface area contributed by atoms with E-state index in [2.05, 4.69) is 15.7 Å². The molecule has 2 aromatic carbocycles. The van der Waals surface area contributed by atoms with Gasteiger partial charge in [-0.2, -0.15) is 5.10 Å². The Morgan fingerprint density at radius 2 is 1.73 bits per heavy atom. The zero-order chi connectivity index (χ0) is 18.1. The summed E-state index contributed by atoms with van der Waals surface area (Å²) < 4.78 is 7.44. The highest BCUT2D eigenvalue weighted by atomic mass is 16.3. The molecule has 0 atom stereocenters. The SMILES string of the molecule is CCn1cc(NC(=O)C(=O)Nc2ccc3c(c2)oc2ccccc23)cn1. The number of benzene rings is 2. The van der Waals surface area contributed by atoms with Gasteiger partial charge in [-0.3, -0.25) is 14.3 Å². The van der Waals surface area contributed by atoms with Gasteiger partial charge < -0.3 is 15.1 Å². The summed E-state index contributed by atoms with van der Waals surface area (Å²) in [4.78, 5) is 24.2. The number of furan rings is 1. The minimum absolute atomic E-state index is 0.472. The van der Waals surface area contributed by atoms with Crippen LogP contribution in [0.2, 0.25) is 0 Å². The van der Waals surface area contributed by atoms with E-state index < -0.39 is 11.8 Å². The van der Waals surface area contributed by atoms with Crippen molar-refractivity contribution in [3.63, 3.8) is 0 Å². The number of hydrogen-bond acceptors (Lipinski definition) is 4. The van der Waals surface area contributed by atoms with E-state index in [0.717, 1.165) is 16.4 Å². The molecule has 0 aliphatic carbocycles. The standard InChI is InChI=1S/C19H16N4O3/c1-2-23-11-13(10-20-23)22-19(25)18(24)21-12-7-8-15-14-5-3-4-6-16(14)26-17(15)9-12/h3-11H,2H2,1H3,(H,21,24)(H,22,25). The van der Waals surface area contributed by atoms with E-state index in [0.29, 0.717) is 23.5 Å². The van der Waals surface area contributed by atoms with E-state index in [1.807, 2.05) is 37.3 Å². The zero-order valence-corrected chi connectivity index (χ0v) is 14.0. The molecule has 0 unspecified atom stereocenters. The van der Waals surface area contributed by atoms with Crippen molar-refractivity contribution in [1.29, 1.82) is 0 Å². The first kappa shape index (κ1) is 15.9. The Labute approximate surface area is 148 Å². The molecule has 7 heteroatoms. The number of rotatable bonds is 3. The molecule has 2 amide bonds. The Balaban J connectivity index is 1.51. The van der Waals surface area contributed by atoms with Crippen molar-refractivity contribution < 1.29 is 14.0 Å². The van der Waals surface area contributed by atoms with Gasteiger partial charge in [-0.25, -0.2) is 0 Å². The Morgan fingerprint density at radius 3 is 2.50 bits per heavy atom. The summed E-state index contributed by atoms with van der Waals surface area (Å²) in [6, 6.07) is 13.0. The van der Waals surface area contributed by atoms with E-state index in [1.54, 1.807) is 23.0 Å². The molecule has 26 heavy (non-hydrogen) atoms. The van der Waals surface area contributed by atoms with Gasteiger partial charge in [0, 0.05) is 35.3 Å². The number of para-hydroxylation sites is 1. The number of hydrogen-bond donors (Lipinski definition) is 2. The summed E-state index contributed by atoms with van der Waals surface area (Å²) in [5.74, 6) is -1.52. The Bertz CT molecular complexity index is 1130. The monoisotopic (exact) mass is 348 g/mol. The smallest absolute Gasteiger partial charge is 0.314 e. The molecule has 0 spiro atoms. The van der Waals surface area contributed by atoms with Crippen LogP contribution in [-0.4, -0.2) is 21.6 Å². The Morgan fingerprint density at radius 1 is 1.00 bits per heavy atom. The lowest BCUT2D eigenvalue weighted by Crippen LogP contribution is -2.28. The first-order valence-corrected chi connectivity index (χ1v) is 8.20. The third kappa shape index (κ3) is 2.90. The Hall–Kier alpha value is -3.61.